The first kappa shape index (κ1) is 7.80. The van der Waals surface area contributed by atoms with E-state index in [1.807, 2.05) is 6.92 Å². The minimum absolute atomic E-state index is 0.0735. The van der Waals surface area contributed by atoms with Crippen molar-refractivity contribution in [2.24, 2.45) is 5.73 Å². The summed E-state index contributed by atoms with van der Waals surface area (Å²) in [6, 6.07) is -0.0735. The van der Waals surface area contributed by atoms with Gasteiger partial charge in [0.15, 0.2) is 0 Å². The molecule has 1 aromatic rings. The maximum absolute atomic E-state index is 5.67. The van der Waals surface area contributed by atoms with Crippen molar-refractivity contribution in [3.05, 3.63) is 17.3 Å². The van der Waals surface area contributed by atoms with Gasteiger partial charge in [0, 0.05) is 6.42 Å². The van der Waals surface area contributed by atoms with E-state index in [4.69, 9.17) is 10.2 Å². The lowest BCUT2D eigenvalue weighted by Gasteiger charge is -2.05. The van der Waals surface area contributed by atoms with Crippen LogP contribution in [0.3, 0.4) is 0 Å². The van der Waals surface area contributed by atoms with Crippen molar-refractivity contribution in [1.82, 2.24) is 4.98 Å². The lowest BCUT2D eigenvalue weighted by Crippen LogP contribution is -2.05. The molecule has 2 N–H and O–H groups in total. The Morgan fingerprint density at radius 3 is 2.83 bits per heavy atom. The number of oxazole rings is 1. The third-order valence-corrected chi connectivity index (χ3v) is 2.25. The minimum atomic E-state index is -0.0735. The Bertz CT molecular complexity index is 255. The van der Waals surface area contributed by atoms with Crippen LogP contribution in [0, 0.1) is 0 Å². The maximum Gasteiger partial charge on any atom is 0.211 e. The summed E-state index contributed by atoms with van der Waals surface area (Å²) in [5, 5.41) is 0. The lowest BCUT2D eigenvalue weighted by atomic mass is 10.0. The number of nitrogens with zero attached hydrogens (tertiary/aromatic N) is 1. The molecule has 1 atom stereocenters. The first-order valence-corrected chi connectivity index (χ1v) is 4.51. The van der Waals surface area contributed by atoms with Crippen LogP contribution in [0.15, 0.2) is 4.42 Å². The van der Waals surface area contributed by atoms with Crippen molar-refractivity contribution in [3.8, 4) is 0 Å². The van der Waals surface area contributed by atoms with E-state index in [9.17, 15) is 0 Å². The summed E-state index contributed by atoms with van der Waals surface area (Å²) in [4.78, 5) is 4.36. The monoisotopic (exact) mass is 166 g/mol. The Kier molecular flexibility index (Phi) is 1.89. The average molecular weight is 166 g/mol. The highest BCUT2D eigenvalue weighted by Crippen LogP contribution is 2.23. The van der Waals surface area contributed by atoms with Crippen LogP contribution in [-0.4, -0.2) is 4.98 Å². The van der Waals surface area contributed by atoms with E-state index in [0.717, 1.165) is 24.3 Å². The molecule has 0 bridgehead atoms. The van der Waals surface area contributed by atoms with Crippen molar-refractivity contribution in [2.75, 3.05) is 0 Å². The molecule has 1 aliphatic carbocycles. The minimum Gasteiger partial charge on any atom is -0.444 e. The van der Waals surface area contributed by atoms with E-state index in [2.05, 4.69) is 4.98 Å². The molecular weight excluding hydrogens is 152 g/mol. The highest BCUT2D eigenvalue weighted by molar-refractivity contribution is 5.14. The van der Waals surface area contributed by atoms with Crippen LogP contribution < -0.4 is 5.73 Å². The standard InChI is InChI=1S/C9H14N2O/c1-6(10)9-11-7-4-2-3-5-8(7)12-9/h6H,2-5,10H2,1H3/t6-/m0/s1. The molecule has 3 heteroatoms. The smallest absolute Gasteiger partial charge is 0.211 e. The maximum atomic E-state index is 5.67. The van der Waals surface area contributed by atoms with Crippen molar-refractivity contribution in [2.45, 2.75) is 38.6 Å². The molecule has 3 nitrogen and oxygen atoms in total. The third-order valence-electron chi connectivity index (χ3n) is 2.25. The first-order chi connectivity index (χ1) is 5.77. The van der Waals surface area contributed by atoms with Crippen LogP contribution >= 0.6 is 0 Å². The fourth-order valence-electron chi connectivity index (χ4n) is 1.57. The second kappa shape index (κ2) is 2.90. The quantitative estimate of drug-likeness (QED) is 0.689. The zero-order chi connectivity index (χ0) is 8.55. The van der Waals surface area contributed by atoms with Gasteiger partial charge in [0.25, 0.3) is 0 Å². The number of rotatable bonds is 1. The van der Waals surface area contributed by atoms with Gasteiger partial charge in [-0.1, -0.05) is 0 Å². The van der Waals surface area contributed by atoms with Gasteiger partial charge in [-0.05, 0) is 26.2 Å². The van der Waals surface area contributed by atoms with Gasteiger partial charge < -0.3 is 10.2 Å². The summed E-state index contributed by atoms with van der Waals surface area (Å²) in [5.41, 5.74) is 6.80. The average Bonchev–Trinajstić information content (AvgIpc) is 2.46. The predicted molar refractivity (Wildman–Crippen MR) is 45.7 cm³/mol. The van der Waals surface area contributed by atoms with Crippen molar-refractivity contribution < 1.29 is 4.42 Å². The van der Waals surface area contributed by atoms with Crippen molar-refractivity contribution in [3.63, 3.8) is 0 Å². The molecule has 2 rings (SSSR count). The normalized spacial score (nSPS) is 18.8. The fourth-order valence-corrected chi connectivity index (χ4v) is 1.57. The van der Waals surface area contributed by atoms with Gasteiger partial charge in [0.1, 0.15) is 5.76 Å². The van der Waals surface area contributed by atoms with Gasteiger partial charge in [-0.2, -0.15) is 0 Å². The van der Waals surface area contributed by atoms with Gasteiger partial charge in [-0.15, -0.1) is 0 Å². The molecule has 0 saturated heterocycles. The summed E-state index contributed by atoms with van der Waals surface area (Å²) in [7, 11) is 0. The fraction of sp³-hybridized carbons (Fsp3) is 0.667. The molecule has 0 radical (unpaired) electrons. The van der Waals surface area contributed by atoms with Crippen molar-refractivity contribution in [1.29, 1.82) is 0 Å². The highest BCUT2D eigenvalue weighted by Gasteiger charge is 2.17. The van der Waals surface area contributed by atoms with Gasteiger partial charge >= 0.3 is 0 Å². The Hall–Kier alpha value is -0.830. The zero-order valence-corrected chi connectivity index (χ0v) is 7.34. The van der Waals surface area contributed by atoms with E-state index < -0.39 is 0 Å². The van der Waals surface area contributed by atoms with Crippen LogP contribution in [0.4, 0.5) is 0 Å². The Balaban J connectivity index is 2.32. The summed E-state index contributed by atoms with van der Waals surface area (Å²) in [5.74, 6) is 1.76. The highest BCUT2D eigenvalue weighted by atomic mass is 16.4. The van der Waals surface area contributed by atoms with Gasteiger partial charge in [0.2, 0.25) is 5.89 Å². The van der Waals surface area contributed by atoms with E-state index in [0.29, 0.717) is 5.89 Å². The largest absolute Gasteiger partial charge is 0.444 e. The molecule has 0 saturated carbocycles. The molecule has 0 spiro atoms. The molecule has 0 aromatic carbocycles. The van der Waals surface area contributed by atoms with Crippen LogP contribution in [0.5, 0.6) is 0 Å². The third kappa shape index (κ3) is 1.25. The first-order valence-electron chi connectivity index (χ1n) is 4.51. The molecule has 0 fully saturated rings. The molecule has 1 heterocycles. The number of aryl methyl sites for hydroxylation is 2. The summed E-state index contributed by atoms with van der Waals surface area (Å²) in [6.07, 6.45) is 4.55. The van der Waals surface area contributed by atoms with E-state index >= 15 is 0 Å². The summed E-state index contributed by atoms with van der Waals surface area (Å²) >= 11 is 0. The molecule has 1 aromatic heterocycles. The van der Waals surface area contributed by atoms with Crippen molar-refractivity contribution >= 4 is 0 Å². The Morgan fingerprint density at radius 1 is 1.42 bits per heavy atom. The van der Waals surface area contributed by atoms with Gasteiger partial charge in [-0.3, -0.25) is 0 Å². The number of hydrogen-bond donors (Lipinski definition) is 1. The van der Waals surface area contributed by atoms with Crippen LogP contribution in [0.1, 0.15) is 43.2 Å². The topological polar surface area (TPSA) is 52.0 Å². The molecule has 1 aliphatic rings. The molecule has 66 valence electrons. The predicted octanol–water partition coefficient (Wildman–Crippen LogP) is 1.57. The number of nitrogens with two attached hydrogens (primary N) is 1. The SMILES string of the molecule is C[C@H](N)c1nc2c(o1)CCCC2. The lowest BCUT2D eigenvalue weighted by molar-refractivity contribution is 0.419. The molecule has 0 aliphatic heterocycles. The number of aromatic nitrogens is 1. The Morgan fingerprint density at radius 2 is 2.17 bits per heavy atom. The second-order valence-electron chi connectivity index (χ2n) is 3.42. The van der Waals surface area contributed by atoms with E-state index in [-0.39, 0.29) is 6.04 Å². The molecule has 0 unspecified atom stereocenters. The molecule has 12 heavy (non-hydrogen) atoms. The Labute approximate surface area is 72.0 Å². The second-order valence-corrected chi connectivity index (χ2v) is 3.42. The summed E-state index contributed by atoms with van der Waals surface area (Å²) < 4.78 is 5.53. The number of fused-ring (bicyclic) bond motifs is 1. The summed E-state index contributed by atoms with van der Waals surface area (Å²) in [6.45, 7) is 1.90. The molecular formula is C9H14N2O. The van der Waals surface area contributed by atoms with E-state index in [1.54, 1.807) is 0 Å². The van der Waals surface area contributed by atoms with Crippen LogP contribution in [0.2, 0.25) is 0 Å². The van der Waals surface area contributed by atoms with Gasteiger partial charge in [-0.25, -0.2) is 4.98 Å². The van der Waals surface area contributed by atoms with Crippen LogP contribution in [0.25, 0.3) is 0 Å². The molecule has 0 amide bonds. The zero-order valence-electron chi connectivity index (χ0n) is 7.34. The van der Waals surface area contributed by atoms with Gasteiger partial charge in [0.05, 0.1) is 11.7 Å². The van der Waals surface area contributed by atoms with E-state index in [1.165, 1.54) is 12.8 Å². The van der Waals surface area contributed by atoms with Crippen LogP contribution in [-0.2, 0) is 12.8 Å². The number of hydrogen-bond acceptors (Lipinski definition) is 3.